The van der Waals surface area contributed by atoms with E-state index in [2.05, 4.69) is 28.8 Å². The van der Waals surface area contributed by atoms with Gasteiger partial charge < -0.3 is 10.2 Å². The summed E-state index contributed by atoms with van der Waals surface area (Å²) >= 11 is 0. The van der Waals surface area contributed by atoms with Crippen molar-refractivity contribution in [3.8, 4) is 0 Å². The highest BCUT2D eigenvalue weighted by Crippen LogP contribution is 2.13. The topological polar surface area (TPSA) is 78.5 Å². The minimum absolute atomic E-state index is 0. The zero-order valence-electron chi connectivity index (χ0n) is 15.0. The number of likely N-dealkylation sites (N-methyl/N-ethyl adjacent to an activating group) is 1. The van der Waals surface area contributed by atoms with Crippen LogP contribution in [-0.2, 0) is 10.0 Å². The predicted octanol–water partition coefficient (Wildman–Crippen LogP) is 2.79. The summed E-state index contributed by atoms with van der Waals surface area (Å²) in [4.78, 5) is 14.4. The maximum absolute atomic E-state index is 12.2. The second-order valence-electron chi connectivity index (χ2n) is 6.24. The van der Waals surface area contributed by atoms with Crippen LogP contribution in [0.4, 0.5) is 5.69 Å². The van der Waals surface area contributed by atoms with Gasteiger partial charge in [-0.25, -0.2) is 8.42 Å². The van der Waals surface area contributed by atoms with Crippen molar-refractivity contribution in [3.05, 3.63) is 29.8 Å². The van der Waals surface area contributed by atoms with E-state index in [1.54, 1.807) is 24.3 Å². The van der Waals surface area contributed by atoms with Crippen LogP contribution < -0.4 is 10.0 Å². The van der Waals surface area contributed by atoms with Crippen molar-refractivity contribution >= 4 is 21.6 Å². The van der Waals surface area contributed by atoms with E-state index in [0.29, 0.717) is 11.3 Å². The van der Waals surface area contributed by atoms with Crippen LogP contribution in [0.1, 0.15) is 46.3 Å². The van der Waals surface area contributed by atoms with Crippen molar-refractivity contribution < 1.29 is 16.1 Å². The summed E-state index contributed by atoms with van der Waals surface area (Å²) < 4.78 is 24.8. The summed E-state index contributed by atoms with van der Waals surface area (Å²) in [5.74, 6) is -0.174. The standard InChI is InChI=1S/C14H21N3O3S.C3H8.2H2/c1-17-8-4-7-13(10-17)15-14(18)11-5-3-6-12(9-11)16-21(2,19)20;1-3-2;;/h3,5-6,9,13,16H,4,7-8,10H2,1-2H3,(H,15,18);3H2,1-2H3;2*1H/t13-;;;/m0.../s1. The number of anilines is 1. The van der Waals surface area contributed by atoms with Crippen LogP contribution in [0.25, 0.3) is 0 Å². The van der Waals surface area contributed by atoms with Gasteiger partial charge in [0.1, 0.15) is 0 Å². The lowest BCUT2D eigenvalue weighted by Gasteiger charge is -2.30. The molecule has 0 spiro atoms. The lowest BCUT2D eigenvalue weighted by Crippen LogP contribution is -2.46. The van der Waals surface area contributed by atoms with Gasteiger partial charge in [0, 0.05) is 26.7 Å². The van der Waals surface area contributed by atoms with Crippen molar-refractivity contribution in [2.24, 2.45) is 0 Å². The van der Waals surface area contributed by atoms with Gasteiger partial charge >= 0.3 is 0 Å². The molecule has 1 fully saturated rings. The number of piperidine rings is 1. The SMILES string of the molecule is CCC.CN1CCC[C@H](NC(=O)c2cccc(NS(C)(=O)=O)c2)C1.[HH].[HH]. The van der Waals surface area contributed by atoms with Crippen molar-refractivity contribution in [2.45, 2.75) is 39.2 Å². The molecule has 1 heterocycles. The molecule has 1 aromatic carbocycles. The molecule has 2 rings (SSSR count). The van der Waals surface area contributed by atoms with E-state index in [0.717, 1.165) is 32.2 Å². The molecular weight excluding hydrogens is 326 g/mol. The third-order valence-corrected chi connectivity index (χ3v) is 3.99. The number of hydrogen-bond donors (Lipinski definition) is 2. The van der Waals surface area contributed by atoms with Crippen LogP contribution in [0.5, 0.6) is 0 Å². The number of nitrogens with zero attached hydrogens (tertiary/aromatic N) is 1. The number of carbonyl (C=O) groups is 1. The van der Waals surface area contributed by atoms with Crippen LogP contribution >= 0.6 is 0 Å². The van der Waals surface area contributed by atoms with Gasteiger partial charge in [0.25, 0.3) is 5.91 Å². The Morgan fingerprint density at radius 3 is 2.62 bits per heavy atom. The molecule has 0 unspecified atom stereocenters. The molecule has 1 aliphatic rings. The van der Waals surface area contributed by atoms with Crippen molar-refractivity contribution in [1.82, 2.24) is 10.2 Å². The predicted molar refractivity (Wildman–Crippen MR) is 103 cm³/mol. The molecule has 0 aromatic heterocycles. The minimum Gasteiger partial charge on any atom is -0.348 e. The number of amides is 1. The molecule has 7 heteroatoms. The Morgan fingerprint density at radius 1 is 1.38 bits per heavy atom. The number of benzene rings is 1. The van der Waals surface area contributed by atoms with Crippen molar-refractivity contribution in [2.75, 3.05) is 31.1 Å². The summed E-state index contributed by atoms with van der Waals surface area (Å²) in [6.45, 7) is 6.15. The molecule has 0 aliphatic carbocycles. The zero-order valence-corrected chi connectivity index (χ0v) is 15.8. The van der Waals surface area contributed by atoms with Crippen LogP contribution in [0.2, 0.25) is 0 Å². The van der Waals surface area contributed by atoms with E-state index < -0.39 is 10.0 Å². The van der Waals surface area contributed by atoms with E-state index in [1.807, 2.05) is 7.05 Å². The van der Waals surface area contributed by atoms with Gasteiger partial charge in [-0.15, -0.1) is 0 Å². The molecule has 1 saturated heterocycles. The van der Waals surface area contributed by atoms with E-state index in [9.17, 15) is 13.2 Å². The average molecular weight is 360 g/mol. The molecule has 1 aliphatic heterocycles. The Morgan fingerprint density at radius 2 is 2.04 bits per heavy atom. The van der Waals surface area contributed by atoms with Gasteiger partial charge in [-0.2, -0.15) is 0 Å². The lowest BCUT2D eigenvalue weighted by atomic mass is 10.1. The van der Waals surface area contributed by atoms with Gasteiger partial charge in [0.15, 0.2) is 0 Å². The second-order valence-corrected chi connectivity index (χ2v) is 7.99. The quantitative estimate of drug-likeness (QED) is 0.866. The largest absolute Gasteiger partial charge is 0.348 e. The first-order valence-electron chi connectivity index (χ1n) is 8.32. The molecule has 0 radical (unpaired) electrons. The molecular formula is C17H33N3O3S. The van der Waals surface area contributed by atoms with Crippen LogP contribution in [-0.4, -0.2) is 51.7 Å². The van der Waals surface area contributed by atoms with Crippen LogP contribution in [0.15, 0.2) is 24.3 Å². The molecule has 0 saturated carbocycles. The number of nitrogens with one attached hydrogen (secondary N) is 2. The van der Waals surface area contributed by atoms with Gasteiger partial charge in [0.2, 0.25) is 10.0 Å². The van der Waals surface area contributed by atoms with Crippen LogP contribution in [0, 0.1) is 0 Å². The monoisotopic (exact) mass is 359 g/mol. The van der Waals surface area contributed by atoms with Crippen molar-refractivity contribution in [1.29, 1.82) is 0 Å². The van der Waals surface area contributed by atoms with Gasteiger partial charge in [0.05, 0.1) is 6.26 Å². The Labute approximate surface area is 148 Å². The Hall–Kier alpha value is -1.60. The number of hydrogen-bond acceptors (Lipinski definition) is 4. The van der Waals surface area contributed by atoms with Gasteiger partial charge in [-0.05, 0) is 44.6 Å². The minimum atomic E-state index is -3.34. The van der Waals surface area contributed by atoms with Crippen molar-refractivity contribution in [3.63, 3.8) is 0 Å². The Balaban J connectivity index is 0. The third-order valence-electron chi connectivity index (χ3n) is 3.39. The maximum Gasteiger partial charge on any atom is 0.251 e. The first-order valence-corrected chi connectivity index (χ1v) is 10.2. The molecule has 140 valence electrons. The first-order chi connectivity index (χ1) is 11.2. The Kier molecular flexibility index (Phi) is 8.21. The van der Waals surface area contributed by atoms with Gasteiger partial charge in [-0.3, -0.25) is 9.52 Å². The number of likely N-dealkylation sites (tertiary alicyclic amines) is 1. The number of carbonyl (C=O) groups excluding carboxylic acids is 1. The smallest absolute Gasteiger partial charge is 0.251 e. The highest BCUT2D eigenvalue weighted by molar-refractivity contribution is 7.92. The summed E-state index contributed by atoms with van der Waals surface area (Å²) in [6.07, 6.45) is 4.37. The van der Waals surface area contributed by atoms with E-state index in [1.165, 1.54) is 6.42 Å². The molecule has 1 aromatic rings. The van der Waals surface area contributed by atoms with E-state index in [-0.39, 0.29) is 14.8 Å². The Bertz CT molecular complexity index is 642. The molecule has 1 amide bonds. The summed E-state index contributed by atoms with van der Waals surface area (Å²) in [5, 5.41) is 3.00. The summed E-state index contributed by atoms with van der Waals surface area (Å²) in [5.41, 5.74) is 0.850. The molecule has 0 bridgehead atoms. The number of rotatable bonds is 4. The number of sulfonamides is 1. The fourth-order valence-electron chi connectivity index (χ4n) is 2.49. The molecule has 1 atom stereocenters. The summed E-state index contributed by atoms with van der Waals surface area (Å²) in [6, 6.07) is 6.64. The fourth-order valence-corrected chi connectivity index (χ4v) is 3.05. The normalized spacial score (nSPS) is 18.2. The molecule has 2 N–H and O–H groups in total. The van der Waals surface area contributed by atoms with E-state index in [4.69, 9.17) is 0 Å². The molecule has 24 heavy (non-hydrogen) atoms. The maximum atomic E-state index is 12.2. The van der Waals surface area contributed by atoms with Crippen LogP contribution in [0.3, 0.4) is 0 Å². The van der Waals surface area contributed by atoms with E-state index >= 15 is 0 Å². The fraction of sp³-hybridized carbons (Fsp3) is 0.588. The first kappa shape index (κ1) is 20.4. The molecule has 6 nitrogen and oxygen atoms in total. The highest BCUT2D eigenvalue weighted by atomic mass is 32.2. The zero-order chi connectivity index (χ0) is 18.2. The highest BCUT2D eigenvalue weighted by Gasteiger charge is 2.19. The third kappa shape index (κ3) is 7.79. The average Bonchev–Trinajstić information content (AvgIpc) is 2.46. The summed E-state index contributed by atoms with van der Waals surface area (Å²) in [7, 11) is -1.31. The second kappa shape index (κ2) is 9.64. The lowest BCUT2D eigenvalue weighted by molar-refractivity contribution is 0.0912. The van der Waals surface area contributed by atoms with Gasteiger partial charge in [-0.1, -0.05) is 26.3 Å².